The Morgan fingerprint density at radius 3 is 2.25 bits per heavy atom. The van der Waals surface area contributed by atoms with Crippen molar-refractivity contribution >= 4 is 28.8 Å². The standard InChI is InChI=1S/CHN2.Sn.3H/c2-1-3;;;;/h2H;;;;/q-1;+1;;;. The van der Waals surface area contributed by atoms with Gasteiger partial charge in [-0.25, -0.2) is 0 Å². The minimum absolute atomic E-state index is 0.311. The van der Waals surface area contributed by atoms with E-state index in [1.165, 1.54) is 0 Å². The van der Waals surface area contributed by atoms with E-state index in [1.54, 1.807) is 0 Å². The predicted molar refractivity (Wildman–Crippen MR) is 20.1 cm³/mol. The SMILES string of the molecule is N=C=[N][SnH3]. The van der Waals surface area contributed by atoms with Gasteiger partial charge in [0.25, 0.3) is 0 Å². The molecule has 0 fully saturated rings. The molecule has 0 saturated heterocycles. The summed E-state index contributed by atoms with van der Waals surface area (Å²) >= 11 is 0.311. The maximum atomic E-state index is 6.09. The molecular weight excluding hydrogens is 159 g/mol. The normalized spacial score (nSPS) is 5.00. The van der Waals surface area contributed by atoms with Crippen molar-refractivity contribution in [3.05, 3.63) is 0 Å². The van der Waals surface area contributed by atoms with Crippen LogP contribution in [0.4, 0.5) is 0 Å². The van der Waals surface area contributed by atoms with Gasteiger partial charge in [-0.15, -0.1) is 0 Å². The average Bonchev–Trinajstić information content (AvgIpc) is 1.37. The monoisotopic (exact) mass is 164 g/mol. The molecule has 22 valence electrons. The van der Waals surface area contributed by atoms with E-state index in [0.29, 0.717) is 22.8 Å². The van der Waals surface area contributed by atoms with E-state index in [2.05, 4.69) is 3.21 Å². The fourth-order valence-electron chi connectivity index (χ4n) is 0. The first-order valence-corrected chi connectivity index (χ1v) is 3.47. The van der Waals surface area contributed by atoms with Gasteiger partial charge in [0.1, 0.15) is 0 Å². The molecule has 0 saturated carbocycles. The van der Waals surface area contributed by atoms with Gasteiger partial charge < -0.3 is 0 Å². The summed E-state index contributed by atoms with van der Waals surface area (Å²) in [6, 6.07) is 1.90. The van der Waals surface area contributed by atoms with Gasteiger partial charge in [0.15, 0.2) is 0 Å². The van der Waals surface area contributed by atoms with Crippen molar-refractivity contribution in [3.8, 4) is 0 Å². The Kier molecular flexibility index (Phi) is 3.32. The van der Waals surface area contributed by atoms with E-state index < -0.39 is 0 Å². The minimum atomic E-state index is 0.311. The van der Waals surface area contributed by atoms with Crippen LogP contribution in [0.2, 0.25) is 0 Å². The average molecular weight is 163 g/mol. The van der Waals surface area contributed by atoms with Gasteiger partial charge in [-0.05, 0) is 0 Å². The first kappa shape index (κ1) is 4.18. The van der Waals surface area contributed by atoms with Gasteiger partial charge >= 0.3 is 37.4 Å². The molecule has 2 nitrogen and oxygen atoms in total. The zero-order valence-corrected chi connectivity index (χ0v) is 8.16. The molecule has 0 unspecified atom stereocenters. The predicted octanol–water partition coefficient (Wildman–Crippen LogP) is -0.981. The van der Waals surface area contributed by atoms with Crippen LogP contribution in [0.5, 0.6) is 0 Å². The van der Waals surface area contributed by atoms with Crippen molar-refractivity contribution in [3.63, 3.8) is 0 Å². The van der Waals surface area contributed by atoms with Crippen LogP contribution >= 0.6 is 0 Å². The summed E-state index contributed by atoms with van der Waals surface area (Å²) in [7, 11) is 0. The zero-order valence-electron chi connectivity index (χ0n) is 2.45. The Labute approximate surface area is 37.9 Å². The fourth-order valence-corrected chi connectivity index (χ4v) is 0. The number of nitrogens with one attached hydrogen (secondary N) is 1. The first-order chi connectivity index (χ1) is 1.91. The summed E-state index contributed by atoms with van der Waals surface area (Å²) in [4.78, 5) is 0. The van der Waals surface area contributed by atoms with Crippen molar-refractivity contribution in [1.82, 2.24) is 0 Å². The molecular formula is CH4N2Sn. The summed E-state index contributed by atoms with van der Waals surface area (Å²) in [6.07, 6.45) is 0. The van der Waals surface area contributed by atoms with Gasteiger partial charge in [0.05, 0.1) is 0 Å². The first-order valence-electron chi connectivity index (χ1n) is 0.921. The number of hydrogen-bond acceptors (Lipinski definition) is 2. The molecule has 0 rings (SSSR count). The Balaban J connectivity index is 3.11. The number of nitrogens with zero attached hydrogens (tertiary/aromatic N) is 1. The van der Waals surface area contributed by atoms with Crippen LogP contribution < -0.4 is 0 Å². The second kappa shape index (κ2) is 3.18. The van der Waals surface area contributed by atoms with Gasteiger partial charge in [-0.3, -0.25) is 0 Å². The van der Waals surface area contributed by atoms with E-state index in [-0.39, 0.29) is 0 Å². The van der Waals surface area contributed by atoms with Crippen molar-refractivity contribution in [2.45, 2.75) is 0 Å². The molecule has 0 atom stereocenters. The molecule has 0 aromatic rings. The third kappa shape index (κ3) is 2.18. The van der Waals surface area contributed by atoms with Crippen molar-refractivity contribution in [1.29, 1.82) is 5.41 Å². The summed E-state index contributed by atoms with van der Waals surface area (Å²) in [5.41, 5.74) is 0. The Bertz CT molecular complexity index is 44.0. The molecule has 0 spiro atoms. The van der Waals surface area contributed by atoms with Crippen LogP contribution in [0.3, 0.4) is 0 Å². The van der Waals surface area contributed by atoms with Gasteiger partial charge in [-0.2, -0.15) is 0 Å². The third-order valence-electron chi connectivity index (χ3n) is 0.112. The van der Waals surface area contributed by atoms with Crippen molar-refractivity contribution in [2.24, 2.45) is 3.21 Å². The number of hydrogen-bond donors (Lipinski definition) is 1. The molecule has 0 aliphatic heterocycles. The molecule has 0 aromatic heterocycles. The van der Waals surface area contributed by atoms with Gasteiger partial charge in [-0.1, -0.05) is 0 Å². The fraction of sp³-hybridized carbons (Fsp3) is 0. The Morgan fingerprint density at radius 2 is 2.25 bits per heavy atom. The van der Waals surface area contributed by atoms with Crippen LogP contribution in [-0.2, 0) is 0 Å². The van der Waals surface area contributed by atoms with E-state index in [4.69, 9.17) is 5.41 Å². The van der Waals surface area contributed by atoms with E-state index in [0.717, 1.165) is 0 Å². The molecule has 0 heterocycles. The van der Waals surface area contributed by atoms with Crippen LogP contribution in [0, 0.1) is 5.41 Å². The summed E-state index contributed by atoms with van der Waals surface area (Å²) < 4.78 is 3.36. The second-order valence-corrected chi connectivity index (χ2v) is 1.61. The van der Waals surface area contributed by atoms with Gasteiger partial charge in [0.2, 0.25) is 0 Å². The molecule has 3 heteroatoms. The molecule has 0 bridgehead atoms. The van der Waals surface area contributed by atoms with Crippen LogP contribution in [0.15, 0.2) is 3.21 Å². The molecule has 4 heavy (non-hydrogen) atoms. The topological polar surface area (TPSA) is 36.2 Å². The van der Waals surface area contributed by atoms with Gasteiger partial charge in [0, 0.05) is 0 Å². The summed E-state index contributed by atoms with van der Waals surface area (Å²) in [5.74, 6) is 0. The van der Waals surface area contributed by atoms with Crippen LogP contribution in [0.25, 0.3) is 0 Å². The molecule has 0 radical (unpaired) electrons. The van der Waals surface area contributed by atoms with Crippen LogP contribution in [0.1, 0.15) is 0 Å². The summed E-state index contributed by atoms with van der Waals surface area (Å²) in [6.45, 7) is 0. The van der Waals surface area contributed by atoms with E-state index >= 15 is 0 Å². The Hall–Kier alpha value is 0.179. The molecule has 0 aliphatic carbocycles. The van der Waals surface area contributed by atoms with Crippen molar-refractivity contribution < 1.29 is 0 Å². The van der Waals surface area contributed by atoms with E-state index in [9.17, 15) is 0 Å². The zero-order chi connectivity index (χ0) is 3.41. The quantitative estimate of drug-likeness (QED) is 0.351. The molecule has 0 aliphatic rings. The van der Waals surface area contributed by atoms with E-state index in [1.807, 2.05) is 6.01 Å². The Morgan fingerprint density at radius 1 is 2.00 bits per heavy atom. The summed E-state index contributed by atoms with van der Waals surface area (Å²) in [5, 5.41) is 6.09. The maximum absolute atomic E-state index is 6.09. The van der Waals surface area contributed by atoms with Crippen molar-refractivity contribution in [2.75, 3.05) is 0 Å². The third-order valence-corrected chi connectivity index (χ3v) is 0.750. The second-order valence-electron chi connectivity index (χ2n) is 0.335. The van der Waals surface area contributed by atoms with Crippen LogP contribution in [-0.4, -0.2) is 28.8 Å². The number of rotatable bonds is 0. The molecule has 1 N–H and O–H groups in total. The molecule has 0 aromatic carbocycles. The molecule has 0 amide bonds.